The van der Waals surface area contributed by atoms with E-state index >= 15 is 0 Å². The Morgan fingerprint density at radius 3 is 1.71 bits per heavy atom. The van der Waals surface area contributed by atoms with E-state index in [9.17, 15) is 0 Å². The van der Waals surface area contributed by atoms with E-state index in [0.717, 1.165) is 5.92 Å². The molecule has 2 nitrogen and oxygen atoms in total. The van der Waals surface area contributed by atoms with Crippen LogP contribution in [0.15, 0.2) is 0 Å². The molecule has 0 saturated carbocycles. The first kappa shape index (κ1) is 17.1. The molecule has 0 aromatic heterocycles. The van der Waals surface area contributed by atoms with E-state index in [1.165, 1.54) is 49.4 Å². The van der Waals surface area contributed by atoms with Gasteiger partial charge in [-0.2, -0.15) is 0 Å². The van der Waals surface area contributed by atoms with Crippen LogP contribution in [0.2, 0.25) is 0 Å². The molecule has 0 aliphatic carbocycles. The first-order valence-electron chi connectivity index (χ1n) is 7.47. The zero-order chi connectivity index (χ0) is 13.5. The minimum atomic E-state index is 0.449. The van der Waals surface area contributed by atoms with E-state index in [0.29, 0.717) is 5.16 Å². The summed E-state index contributed by atoms with van der Waals surface area (Å²) in [4.78, 5) is 5.29. The van der Waals surface area contributed by atoms with Crippen LogP contribution in [0.4, 0.5) is 0 Å². The number of likely N-dealkylation sites (N-methyl/N-ethyl adjacent to an activating group) is 2. The normalized spacial score (nSPS) is 17.6. The van der Waals surface area contributed by atoms with Gasteiger partial charge in [0.25, 0.3) is 0 Å². The molecule has 0 bridgehead atoms. The lowest BCUT2D eigenvalue weighted by molar-refractivity contribution is 0.0780. The molecule has 0 saturated heterocycles. The highest BCUT2D eigenvalue weighted by Crippen LogP contribution is 2.25. The van der Waals surface area contributed by atoms with Crippen LogP contribution in [0.1, 0.15) is 48.0 Å². The van der Waals surface area contributed by atoms with Crippen molar-refractivity contribution >= 4 is 10.2 Å². The lowest BCUT2D eigenvalue weighted by Crippen LogP contribution is -2.60. The van der Waals surface area contributed by atoms with Crippen molar-refractivity contribution in [2.24, 2.45) is 5.92 Å². The number of hydrogen-bond donors (Lipinski definition) is 0. The average molecular weight is 259 g/mol. The quantitative estimate of drug-likeness (QED) is 0.582. The maximum Gasteiger partial charge on any atom is 0.0304 e. The third-order valence-corrected chi connectivity index (χ3v) is 6.53. The van der Waals surface area contributed by atoms with Crippen molar-refractivity contribution in [3.05, 3.63) is 0 Å². The van der Waals surface area contributed by atoms with Gasteiger partial charge >= 0.3 is 0 Å². The minimum absolute atomic E-state index is 0.449. The number of hydrogen-bond acceptors (Lipinski definition) is 2. The summed E-state index contributed by atoms with van der Waals surface area (Å²) in [6, 6.07) is 0. The zero-order valence-corrected chi connectivity index (χ0v) is 15.2. The Balaban J connectivity index is 4.94. The Morgan fingerprint density at radius 2 is 1.41 bits per heavy atom. The van der Waals surface area contributed by atoms with Crippen LogP contribution in [0, 0.1) is 5.92 Å². The van der Waals surface area contributed by atoms with Gasteiger partial charge in [0.15, 0.2) is 0 Å². The molecule has 2 unspecified atom stereocenters. The third-order valence-electron chi connectivity index (χ3n) is 4.60. The van der Waals surface area contributed by atoms with Crippen molar-refractivity contribution in [1.29, 1.82) is 0 Å². The monoisotopic (exact) mass is 258 g/mol. The summed E-state index contributed by atoms with van der Waals surface area (Å²) in [5.74, 6) is 0.801. The van der Waals surface area contributed by atoms with E-state index in [1.54, 1.807) is 0 Å². The minimum Gasteiger partial charge on any atom is -0.302 e. The largest absolute Gasteiger partial charge is 0.302 e. The third kappa shape index (κ3) is 4.38. The Morgan fingerprint density at radius 1 is 0.941 bits per heavy atom. The predicted octanol–water partition coefficient (Wildman–Crippen LogP) is 1.78. The summed E-state index contributed by atoms with van der Waals surface area (Å²) in [7, 11) is 1.26. The lowest BCUT2D eigenvalue weighted by atomic mass is 9.95. The molecule has 0 aromatic carbocycles. The molecular formula is C14H34N2Si. The Bertz CT molecular complexity index is 191. The molecule has 3 heteroatoms. The Labute approximate surface area is 112 Å². The van der Waals surface area contributed by atoms with Gasteiger partial charge in [-0.25, -0.2) is 0 Å². The van der Waals surface area contributed by atoms with E-state index < -0.39 is 0 Å². The van der Waals surface area contributed by atoms with Gasteiger partial charge in [0.1, 0.15) is 0 Å². The highest BCUT2D eigenvalue weighted by Gasteiger charge is 2.35. The Hall–Kier alpha value is 0.137. The number of nitrogens with zero attached hydrogens (tertiary/aromatic N) is 2. The van der Waals surface area contributed by atoms with E-state index in [4.69, 9.17) is 0 Å². The lowest BCUT2D eigenvalue weighted by Gasteiger charge is -2.47. The summed E-state index contributed by atoms with van der Waals surface area (Å²) < 4.78 is 0. The van der Waals surface area contributed by atoms with Crippen LogP contribution in [-0.2, 0) is 0 Å². The first-order chi connectivity index (χ1) is 7.99. The summed E-state index contributed by atoms with van der Waals surface area (Å²) in [5, 5.41) is 0.449. The maximum atomic E-state index is 2.70. The maximum absolute atomic E-state index is 2.70. The smallest absolute Gasteiger partial charge is 0.0304 e. The second-order valence-electron chi connectivity index (χ2n) is 5.30. The molecule has 0 aliphatic rings. The van der Waals surface area contributed by atoms with Gasteiger partial charge in [-0.05, 0) is 32.1 Å². The highest BCUT2D eigenvalue weighted by molar-refractivity contribution is 6.15. The molecule has 0 aliphatic heterocycles. The van der Waals surface area contributed by atoms with Crippen molar-refractivity contribution in [1.82, 2.24) is 9.80 Å². The van der Waals surface area contributed by atoms with Crippen LogP contribution in [0.25, 0.3) is 0 Å². The fourth-order valence-corrected chi connectivity index (χ4v) is 4.34. The summed E-state index contributed by atoms with van der Waals surface area (Å²) >= 11 is 0. The SMILES string of the molecule is CCC(C)C([SiH3])(CN(CC)CC)N(CC)CC. The average Bonchev–Trinajstić information content (AvgIpc) is 2.36. The molecule has 0 fully saturated rings. The van der Waals surface area contributed by atoms with Crippen molar-refractivity contribution < 1.29 is 0 Å². The van der Waals surface area contributed by atoms with Crippen molar-refractivity contribution in [2.45, 2.75) is 53.1 Å². The van der Waals surface area contributed by atoms with Gasteiger partial charge in [-0.15, -0.1) is 0 Å². The van der Waals surface area contributed by atoms with Gasteiger partial charge in [-0.3, -0.25) is 0 Å². The molecule has 0 aromatic rings. The van der Waals surface area contributed by atoms with Crippen LogP contribution in [0.3, 0.4) is 0 Å². The fraction of sp³-hybridized carbons (Fsp3) is 1.00. The Kier molecular flexibility index (Phi) is 8.34. The second-order valence-corrected chi connectivity index (χ2v) is 7.03. The zero-order valence-electron chi connectivity index (χ0n) is 13.2. The predicted molar refractivity (Wildman–Crippen MR) is 82.8 cm³/mol. The van der Waals surface area contributed by atoms with E-state index in [2.05, 4.69) is 51.3 Å². The first-order valence-corrected chi connectivity index (χ1v) is 8.47. The van der Waals surface area contributed by atoms with Crippen molar-refractivity contribution in [3.8, 4) is 0 Å². The molecular weight excluding hydrogens is 224 g/mol. The molecule has 0 N–H and O–H groups in total. The second kappa shape index (κ2) is 8.28. The molecule has 0 heterocycles. The fourth-order valence-electron chi connectivity index (χ4n) is 2.85. The summed E-state index contributed by atoms with van der Waals surface area (Å²) in [6.07, 6.45) is 1.29. The van der Waals surface area contributed by atoms with Gasteiger partial charge in [0.05, 0.1) is 0 Å². The van der Waals surface area contributed by atoms with Crippen molar-refractivity contribution in [2.75, 3.05) is 32.7 Å². The van der Waals surface area contributed by atoms with Crippen LogP contribution < -0.4 is 0 Å². The van der Waals surface area contributed by atoms with Gasteiger partial charge < -0.3 is 9.80 Å². The molecule has 0 radical (unpaired) electrons. The topological polar surface area (TPSA) is 6.48 Å². The highest BCUT2D eigenvalue weighted by atomic mass is 28.1. The standard InChI is InChI=1S/C14H34N2Si/c1-7-13(6)14(17,16(10-4)11-5)12-15(8-2)9-3/h13H,7-12H2,1-6,17H3. The van der Waals surface area contributed by atoms with Gasteiger partial charge in [0.2, 0.25) is 0 Å². The number of rotatable bonds is 9. The summed E-state index contributed by atoms with van der Waals surface area (Å²) in [5.41, 5.74) is 0. The molecule has 104 valence electrons. The van der Waals surface area contributed by atoms with Gasteiger partial charge in [-0.1, -0.05) is 48.0 Å². The van der Waals surface area contributed by atoms with Crippen LogP contribution >= 0.6 is 0 Å². The molecule has 17 heavy (non-hydrogen) atoms. The van der Waals surface area contributed by atoms with E-state index in [1.807, 2.05) is 0 Å². The summed E-state index contributed by atoms with van der Waals surface area (Å²) in [6.45, 7) is 19.9. The van der Waals surface area contributed by atoms with Crippen LogP contribution in [0.5, 0.6) is 0 Å². The molecule has 0 spiro atoms. The molecule has 2 atom stereocenters. The van der Waals surface area contributed by atoms with Crippen LogP contribution in [-0.4, -0.2) is 57.9 Å². The molecule has 0 amide bonds. The van der Waals surface area contributed by atoms with Crippen molar-refractivity contribution in [3.63, 3.8) is 0 Å². The molecule has 0 rings (SSSR count). The van der Waals surface area contributed by atoms with E-state index in [-0.39, 0.29) is 0 Å². The van der Waals surface area contributed by atoms with Gasteiger partial charge in [0, 0.05) is 21.9 Å².